The maximum Gasteiger partial charge on any atom is 0.336 e. The van der Waals surface area contributed by atoms with E-state index in [9.17, 15) is 9.59 Å². The number of fused-ring (bicyclic) bond motifs is 1. The third-order valence-corrected chi connectivity index (χ3v) is 6.26. The number of carbonyl (C=O) groups is 1. The number of carbonyl (C=O) groups excluding carboxylic acids is 1. The minimum atomic E-state index is -0.642. The van der Waals surface area contributed by atoms with Crippen molar-refractivity contribution < 1.29 is 9.53 Å². The van der Waals surface area contributed by atoms with Crippen LogP contribution in [0.5, 0.6) is 0 Å². The fourth-order valence-corrected chi connectivity index (χ4v) is 4.67. The van der Waals surface area contributed by atoms with Crippen LogP contribution in [0.1, 0.15) is 29.5 Å². The van der Waals surface area contributed by atoms with Crippen LogP contribution in [0.3, 0.4) is 0 Å². The lowest BCUT2D eigenvalue weighted by Gasteiger charge is -2.28. The molecule has 0 amide bonds. The molecular weight excluding hydrogens is 436 g/mol. The number of esters is 1. The van der Waals surface area contributed by atoms with Crippen LogP contribution < -0.4 is 10.9 Å². The van der Waals surface area contributed by atoms with E-state index in [0.29, 0.717) is 44.1 Å². The molecule has 1 aliphatic heterocycles. The van der Waals surface area contributed by atoms with Gasteiger partial charge in [0.05, 0.1) is 24.2 Å². The van der Waals surface area contributed by atoms with Gasteiger partial charge in [-0.15, -0.1) is 0 Å². The minimum Gasteiger partial charge on any atom is -0.466 e. The minimum absolute atomic E-state index is 0.332. The third-order valence-electron chi connectivity index (χ3n) is 4.97. The second-order valence-corrected chi connectivity index (χ2v) is 8.26. The Bertz CT molecular complexity index is 1230. The van der Waals surface area contributed by atoms with Gasteiger partial charge in [0.25, 0.3) is 5.56 Å². The van der Waals surface area contributed by atoms with Crippen LogP contribution in [0.4, 0.5) is 5.82 Å². The number of nitrogens with one attached hydrogen (secondary N) is 2. The molecule has 0 fully saturated rings. The Labute approximate surface area is 187 Å². The van der Waals surface area contributed by atoms with E-state index in [2.05, 4.69) is 20.3 Å². The molecule has 1 aliphatic rings. The quantitative estimate of drug-likeness (QED) is 0.340. The van der Waals surface area contributed by atoms with Gasteiger partial charge in [-0.1, -0.05) is 47.6 Å². The molecule has 7 nitrogen and oxygen atoms in total. The molecule has 1 unspecified atom stereocenters. The fourth-order valence-electron chi connectivity index (χ4n) is 3.52. The second-order valence-electron chi connectivity index (χ2n) is 6.89. The van der Waals surface area contributed by atoms with E-state index >= 15 is 0 Å². The van der Waals surface area contributed by atoms with E-state index in [1.54, 1.807) is 25.4 Å². The van der Waals surface area contributed by atoms with Gasteiger partial charge in [0.2, 0.25) is 0 Å². The number of nitrogens with zero attached hydrogens (tertiary/aromatic N) is 2. The summed E-state index contributed by atoms with van der Waals surface area (Å²) in [5, 5.41) is 4.22. The SMILES string of the molecule is COC(=O)C1=C(C)Nc2nc(SCc3ccccc3Cl)[nH]c(=O)c2C1c1cccnc1. The largest absolute Gasteiger partial charge is 0.466 e. The van der Waals surface area contributed by atoms with E-state index in [1.165, 1.54) is 18.9 Å². The number of benzene rings is 1. The molecule has 31 heavy (non-hydrogen) atoms. The Morgan fingerprint density at radius 2 is 2.06 bits per heavy atom. The molecule has 1 atom stereocenters. The monoisotopic (exact) mass is 454 g/mol. The molecule has 0 saturated carbocycles. The van der Waals surface area contributed by atoms with E-state index in [0.717, 1.165) is 5.56 Å². The number of aromatic amines is 1. The van der Waals surface area contributed by atoms with Crippen LogP contribution in [0, 0.1) is 0 Å². The van der Waals surface area contributed by atoms with Gasteiger partial charge in [0.1, 0.15) is 5.82 Å². The summed E-state index contributed by atoms with van der Waals surface area (Å²) in [5.74, 6) is -0.197. The molecule has 158 valence electrons. The predicted molar refractivity (Wildman–Crippen MR) is 120 cm³/mol. The van der Waals surface area contributed by atoms with Crippen LogP contribution in [0.2, 0.25) is 5.02 Å². The number of aromatic nitrogens is 3. The van der Waals surface area contributed by atoms with Crippen LogP contribution in [-0.2, 0) is 15.3 Å². The lowest BCUT2D eigenvalue weighted by atomic mass is 9.83. The van der Waals surface area contributed by atoms with Gasteiger partial charge in [-0.05, 0) is 30.2 Å². The Morgan fingerprint density at radius 1 is 1.26 bits per heavy atom. The van der Waals surface area contributed by atoms with Gasteiger partial charge in [0.15, 0.2) is 5.16 Å². The molecule has 9 heteroatoms. The molecule has 2 aromatic heterocycles. The number of pyridine rings is 1. The summed E-state index contributed by atoms with van der Waals surface area (Å²) in [5.41, 5.74) is 2.59. The average Bonchev–Trinajstić information content (AvgIpc) is 2.77. The van der Waals surface area contributed by atoms with Crippen LogP contribution in [0.25, 0.3) is 0 Å². The standard InChI is InChI=1S/C22H19ClN4O3S/c1-12-16(21(29)30-2)17(13-7-5-9-24-10-13)18-19(25-12)26-22(27-20(18)28)31-11-14-6-3-4-8-15(14)23/h3-10,17H,11H2,1-2H3,(H2,25,26,27,28). The van der Waals surface area contributed by atoms with Gasteiger partial charge in [0, 0.05) is 28.9 Å². The Kier molecular flexibility index (Phi) is 6.11. The highest BCUT2D eigenvalue weighted by Crippen LogP contribution is 2.39. The van der Waals surface area contributed by atoms with Crippen molar-refractivity contribution in [1.82, 2.24) is 15.0 Å². The zero-order valence-electron chi connectivity index (χ0n) is 16.8. The number of allylic oxidation sites excluding steroid dienone is 1. The molecule has 3 aromatic rings. The van der Waals surface area contributed by atoms with Gasteiger partial charge >= 0.3 is 5.97 Å². The second kappa shape index (κ2) is 8.95. The fraction of sp³-hybridized carbons (Fsp3) is 0.182. The number of thioether (sulfide) groups is 1. The van der Waals surface area contributed by atoms with Gasteiger partial charge in [-0.2, -0.15) is 0 Å². The molecule has 0 spiro atoms. The van der Waals surface area contributed by atoms with Crippen molar-refractivity contribution in [2.75, 3.05) is 12.4 Å². The first-order valence-corrected chi connectivity index (χ1v) is 10.8. The first-order valence-electron chi connectivity index (χ1n) is 9.46. The molecule has 3 heterocycles. The van der Waals surface area contributed by atoms with Crippen molar-refractivity contribution in [3.05, 3.63) is 92.1 Å². The number of methoxy groups -OCH3 is 1. The number of anilines is 1. The van der Waals surface area contributed by atoms with Gasteiger partial charge in [-0.25, -0.2) is 9.78 Å². The summed E-state index contributed by atoms with van der Waals surface area (Å²) in [6.45, 7) is 1.76. The van der Waals surface area contributed by atoms with Crippen molar-refractivity contribution in [3.8, 4) is 0 Å². The van der Waals surface area contributed by atoms with E-state index in [1.807, 2.05) is 30.3 Å². The number of hydrogen-bond donors (Lipinski definition) is 2. The van der Waals surface area contributed by atoms with Crippen molar-refractivity contribution >= 4 is 35.1 Å². The van der Waals surface area contributed by atoms with E-state index in [-0.39, 0.29) is 5.56 Å². The number of hydrogen-bond acceptors (Lipinski definition) is 7. The number of H-pyrrole nitrogens is 1. The summed E-state index contributed by atoms with van der Waals surface area (Å²) < 4.78 is 4.98. The highest BCUT2D eigenvalue weighted by molar-refractivity contribution is 7.98. The van der Waals surface area contributed by atoms with Crippen molar-refractivity contribution in [2.24, 2.45) is 0 Å². The maximum absolute atomic E-state index is 13.1. The lowest BCUT2D eigenvalue weighted by molar-refractivity contribution is -0.136. The number of halogens is 1. The van der Waals surface area contributed by atoms with Crippen LogP contribution >= 0.6 is 23.4 Å². The highest BCUT2D eigenvalue weighted by Gasteiger charge is 2.36. The Balaban J connectivity index is 1.76. The predicted octanol–water partition coefficient (Wildman–Crippen LogP) is 4.12. The van der Waals surface area contributed by atoms with E-state index < -0.39 is 11.9 Å². The normalized spacial score (nSPS) is 15.3. The molecule has 1 aromatic carbocycles. The summed E-state index contributed by atoms with van der Waals surface area (Å²) in [7, 11) is 1.31. The van der Waals surface area contributed by atoms with Crippen LogP contribution in [-0.4, -0.2) is 28.0 Å². The molecule has 0 radical (unpaired) electrons. The molecule has 0 aliphatic carbocycles. The Hall–Kier alpha value is -3.10. The molecule has 0 saturated heterocycles. The van der Waals surface area contributed by atoms with Crippen molar-refractivity contribution in [1.29, 1.82) is 0 Å². The summed E-state index contributed by atoms with van der Waals surface area (Å²) >= 11 is 7.60. The third kappa shape index (κ3) is 4.22. The summed E-state index contributed by atoms with van der Waals surface area (Å²) in [4.78, 5) is 37.3. The zero-order chi connectivity index (χ0) is 22.0. The highest BCUT2D eigenvalue weighted by atomic mass is 35.5. The maximum atomic E-state index is 13.1. The smallest absolute Gasteiger partial charge is 0.336 e. The average molecular weight is 455 g/mol. The first kappa shape index (κ1) is 21.1. The van der Waals surface area contributed by atoms with Crippen LogP contribution in [0.15, 0.2) is 70.0 Å². The van der Waals surface area contributed by atoms with Crippen molar-refractivity contribution in [2.45, 2.75) is 23.8 Å². The van der Waals surface area contributed by atoms with Crippen molar-refractivity contribution in [3.63, 3.8) is 0 Å². The molecule has 4 rings (SSSR count). The molecular formula is C22H19ClN4O3S. The van der Waals surface area contributed by atoms with Gasteiger partial charge in [-0.3, -0.25) is 9.78 Å². The molecule has 0 bridgehead atoms. The lowest BCUT2D eigenvalue weighted by Crippen LogP contribution is -2.31. The first-order chi connectivity index (χ1) is 15.0. The summed E-state index contributed by atoms with van der Waals surface area (Å²) in [6, 6.07) is 11.1. The number of rotatable bonds is 5. The topological polar surface area (TPSA) is 97.0 Å². The molecule has 2 N–H and O–H groups in total. The zero-order valence-corrected chi connectivity index (χ0v) is 18.4. The Morgan fingerprint density at radius 3 is 2.77 bits per heavy atom. The number of ether oxygens (including phenoxy) is 1. The van der Waals surface area contributed by atoms with E-state index in [4.69, 9.17) is 16.3 Å². The summed E-state index contributed by atoms with van der Waals surface area (Å²) in [6.07, 6.45) is 3.27. The van der Waals surface area contributed by atoms with Gasteiger partial charge < -0.3 is 15.0 Å².